The lowest BCUT2D eigenvalue weighted by atomic mass is 10.1. The fourth-order valence-corrected chi connectivity index (χ4v) is 2.57. The topological polar surface area (TPSA) is 44.8 Å². The minimum absolute atomic E-state index is 0.00482. The van der Waals surface area contributed by atoms with Gasteiger partial charge in [-0.05, 0) is 18.2 Å². The molecule has 1 N–H and O–H groups in total. The molecule has 24 heavy (non-hydrogen) atoms. The molecule has 1 amide bonds. The van der Waals surface area contributed by atoms with E-state index in [1.807, 2.05) is 4.90 Å². The van der Waals surface area contributed by atoms with Crippen LogP contribution < -0.4 is 10.2 Å². The molecule has 0 radical (unpaired) electrons. The Morgan fingerprint density at radius 3 is 2.58 bits per heavy atom. The van der Waals surface area contributed by atoms with Gasteiger partial charge < -0.3 is 19.9 Å². The number of rotatable bonds is 6. The number of nitrogens with zero attached hydrogens (tertiary/aromatic N) is 2. The maximum absolute atomic E-state index is 12.8. The molecular formula is C16H22F3N3O2. The van der Waals surface area contributed by atoms with Crippen LogP contribution in [-0.4, -0.2) is 63.8 Å². The minimum Gasteiger partial charge on any atom is -0.383 e. The third-order valence-electron chi connectivity index (χ3n) is 3.93. The first-order valence-corrected chi connectivity index (χ1v) is 7.81. The number of ether oxygens (including phenoxy) is 1. The normalized spacial score (nSPS) is 15.7. The molecule has 0 aliphatic carbocycles. The van der Waals surface area contributed by atoms with Crippen LogP contribution in [0.5, 0.6) is 0 Å². The number of methoxy groups -OCH3 is 1. The zero-order valence-electron chi connectivity index (χ0n) is 13.6. The van der Waals surface area contributed by atoms with Crippen molar-refractivity contribution in [2.45, 2.75) is 6.18 Å². The van der Waals surface area contributed by atoms with Gasteiger partial charge in [0.2, 0.25) is 5.91 Å². The molecule has 1 aromatic carbocycles. The number of hydrogen-bond donors (Lipinski definition) is 1. The smallest absolute Gasteiger partial charge is 0.383 e. The second kappa shape index (κ2) is 8.34. The summed E-state index contributed by atoms with van der Waals surface area (Å²) in [5.41, 5.74) is -0.115. The summed E-state index contributed by atoms with van der Waals surface area (Å²) in [6.45, 7) is 3.42. The van der Waals surface area contributed by atoms with E-state index in [0.29, 0.717) is 45.0 Å². The van der Waals surface area contributed by atoms with Crippen molar-refractivity contribution in [2.75, 3.05) is 57.9 Å². The standard InChI is InChI=1S/C16H22F3N3O2/c1-24-10-5-20-12-15(23)22-8-6-21(7-9-22)14-4-2-3-13(11-14)16(17,18)19/h2-4,11,20H,5-10,12H2,1H3. The summed E-state index contributed by atoms with van der Waals surface area (Å²) in [6, 6.07) is 5.30. The van der Waals surface area contributed by atoms with E-state index in [1.54, 1.807) is 18.1 Å². The predicted octanol–water partition coefficient (Wildman–Crippen LogP) is 1.59. The third kappa shape index (κ3) is 5.10. The molecule has 0 saturated carbocycles. The molecule has 8 heteroatoms. The number of carbonyl (C=O) groups is 1. The number of alkyl halides is 3. The number of piperazine rings is 1. The van der Waals surface area contributed by atoms with Crippen molar-refractivity contribution in [3.05, 3.63) is 29.8 Å². The van der Waals surface area contributed by atoms with E-state index in [-0.39, 0.29) is 12.5 Å². The van der Waals surface area contributed by atoms with Crippen molar-refractivity contribution in [3.63, 3.8) is 0 Å². The van der Waals surface area contributed by atoms with Crippen LogP contribution in [0.1, 0.15) is 5.56 Å². The zero-order chi connectivity index (χ0) is 17.6. The number of anilines is 1. The van der Waals surface area contributed by atoms with Gasteiger partial charge in [0.05, 0.1) is 18.7 Å². The highest BCUT2D eigenvalue weighted by Crippen LogP contribution is 2.31. The Balaban J connectivity index is 1.85. The first kappa shape index (κ1) is 18.5. The van der Waals surface area contributed by atoms with Crippen molar-refractivity contribution in [1.29, 1.82) is 0 Å². The van der Waals surface area contributed by atoms with Gasteiger partial charge in [0.25, 0.3) is 0 Å². The van der Waals surface area contributed by atoms with Crippen LogP contribution >= 0.6 is 0 Å². The highest BCUT2D eigenvalue weighted by molar-refractivity contribution is 5.78. The molecule has 1 aliphatic heterocycles. The van der Waals surface area contributed by atoms with Crippen molar-refractivity contribution < 1.29 is 22.7 Å². The summed E-state index contributed by atoms with van der Waals surface area (Å²) in [5.74, 6) is -0.00482. The lowest BCUT2D eigenvalue weighted by molar-refractivity contribution is -0.137. The molecule has 1 aromatic rings. The zero-order valence-corrected chi connectivity index (χ0v) is 13.6. The van der Waals surface area contributed by atoms with Gasteiger partial charge in [0.15, 0.2) is 0 Å². The molecular weight excluding hydrogens is 323 g/mol. The van der Waals surface area contributed by atoms with E-state index >= 15 is 0 Å². The monoisotopic (exact) mass is 345 g/mol. The summed E-state index contributed by atoms with van der Waals surface area (Å²) >= 11 is 0. The van der Waals surface area contributed by atoms with Gasteiger partial charge in [0, 0.05) is 45.5 Å². The number of halogens is 3. The lowest BCUT2D eigenvalue weighted by Crippen LogP contribution is -2.51. The van der Waals surface area contributed by atoms with E-state index in [2.05, 4.69) is 5.32 Å². The average Bonchev–Trinajstić information content (AvgIpc) is 2.58. The Hall–Kier alpha value is -1.80. The van der Waals surface area contributed by atoms with Crippen LogP contribution in [0.4, 0.5) is 18.9 Å². The Bertz CT molecular complexity index is 544. The second-order valence-corrected chi connectivity index (χ2v) is 5.59. The highest BCUT2D eigenvalue weighted by atomic mass is 19.4. The molecule has 0 bridgehead atoms. The van der Waals surface area contributed by atoms with Gasteiger partial charge in [-0.25, -0.2) is 0 Å². The number of amides is 1. The molecule has 134 valence electrons. The van der Waals surface area contributed by atoms with E-state index in [9.17, 15) is 18.0 Å². The summed E-state index contributed by atoms with van der Waals surface area (Å²) in [5, 5.41) is 3.00. The highest BCUT2D eigenvalue weighted by Gasteiger charge is 2.31. The minimum atomic E-state index is -4.35. The number of hydrogen-bond acceptors (Lipinski definition) is 4. The fraction of sp³-hybridized carbons (Fsp3) is 0.562. The van der Waals surface area contributed by atoms with Crippen LogP contribution in [0.15, 0.2) is 24.3 Å². The summed E-state index contributed by atoms with van der Waals surface area (Å²) in [4.78, 5) is 15.6. The van der Waals surface area contributed by atoms with E-state index < -0.39 is 11.7 Å². The van der Waals surface area contributed by atoms with Gasteiger partial charge in [-0.2, -0.15) is 13.2 Å². The first-order chi connectivity index (χ1) is 11.4. The van der Waals surface area contributed by atoms with Crippen LogP contribution in [0.25, 0.3) is 0 Å². The van der Waals surface area contributed by atoms with E-state index in [0.717, 1.165) is 12.1 Å². The summed E-state index contributed by atoms with van der Waals surface area (Å²) < 4.78 is 43.3. The molecule has 1 heterocycles. The second-order valence-electron chi connectivity index (χ2n) is 5.59. The Kier molecular flexibility index (Phi) is 6.44. The average molecular weight is 345 g/mol. The number of nitrogens with one attached hydrogen (secondary N) is 1. The van der Waals surface area contributed by atoms with Crippen molar-refractivity contribution in [3.8, 4) is 0 Å². The lowest BCUT2D eigenvalue weighted by Gasteiger charge is -2.36. The summed E-state index contributed by atoms with van der Waals surface area (Å²) in [7, 11) is 1.59. The van der Waals surface area contributed by atoms with Gasteiger partial charge in [-0.3, -0.25) is 4.79 Å². The first-order valence-electron chi connectivity index (χ1n) is 7.81. The predicted molar refractivity (Wildman–Crippen MR) is 85.0 cm³/mol. The molecule has 0 atom stereocenters. The number of benzene rings is 1. The molecule has 0 unspecified atom stereocenters. The molecule has 5 nitrogen and oxygen atoms in total. The van der Waals surface area contributed by atoms with Crippen LogP contribution in [0.2, 0.25) is 0 Å². The van der Waals surface area contributed by atoms with Crippen molar-refractivity contribution >= 4 is 11.6 Å². The van der Waals surface area contributed by atoms with Crippen LogP contribution in [0.3, 0.4) is 0 Å². The fourth-order valence-electron chi connectivity index (χ4n) is 2.57. The molecule has 2 rings (SSSR count). The van der Waals surface area contributed by atoms with E-state index in [1.165, 1.54) is 6.07 Å². The van der Waals surface area contributed by atoms with Crippen LogP contribution in [-0.2, 0) is 15.7 Å². The Morgan fingerprint density at radius 1 is 1.25 bits per heavy atom. The molecule has 0 spiro atoms. The maximum Gasteiger partial charge on any atom is 0.416 e. The quantitative estimate of drug-likeness (QED) is 0.796. The molecule has 1 aliphatic rings. The molecule has 1 fully saturated rings. The van der Waals surface area contributed by atoms with Gasteiger partial charge in [-0.1, -0.05) is 6.07 Å². The van der Waals surface area contributed by atoms with Gasteiger partial charge in [0.1, 0.15) is 0 Å². The summed E-state index contributed by atoms with van der Waals surface area (Å²) in [6.07, 6.45) is -4.35. The van der Waals surface area contributed by atoms with Crippen molar-refractivity contribution in [2.24, 2.45) is 0 Å². The Labute approximate surface area is 139 Å². The van der Waals surface area contributed by atoms with E-state index in [4.69, 9.17) is 4.74 Å². The molecule has 0 aromatic heterocycles. The van der Waals surface area contributed by atoms with Crippen LogP contribution in [0, 0.1) is 0 Å². The number of carbonyl (C=O) groups excluding carboxylic acids is 1. The molecule has 1 saturated heterocycles. The van der Waals surface area contributed by atoms with Gasteiger partial charge in [-0.15, -0.1) is 0 Å². The Morgan fingerprint density at radius 2 is 1.96 bits per heavy atom. The SMILES string of the molecule is COCCNCC(=O)N1CCN(c2cccc(C(F)(F)F)c2)CC1. The largest absolute Gasteiger partial charge is 0.416 e. The third-order valence-corrected chi connectivity index (χ3v) is 3.93. The van der Waals surface area contributed by atoms with Crippen molar-refractivity contribution in [1.82, 2.24) is 10.2 Å². The maximum atomic E-state index is 12.8. The van der Waals surface area contributed by atoms with Gasteiger partial charge >= 0.3 is 6.18 Å².